The van der Waals surface area contributed by atoms with Gasteiger partial charge in [0.25, 0.3) is 11.2 Å². The van der Waals surface area contributed by atoms with Gasteiger partial charge in [-0.2, -0.15) is 0 Å². The van der Waals surface area contributed by atoms with Crippen molar-refractivity contribution >= 4 is 17.3 Å². The first-order valence-corrected chi connectivity index (χ1v) is 8.89. The average Bonchev–Trinajstić information content (AvgIpc) is 2.67. The largest absolute Gasteiger partial charge is 0.311 e. The van der Waals surface area contributed by atoms with Crippen LogP contribution in [0.4, 0.5) is 11.4 Å². The lowest BCUT2D eigenvalue weighted by Crippen LogP contribution is -2.52. The summed E-state index contributed by atoms with van der Waals surface area (Å²) in [6, 6.07) is 11.7. The Kier molecular flexibility index (Phi) is 5.66. The van der Waals surface area contributed by atoms with Crippen molar-refractivity contribution in [2.75, 3.05) is 25.0 Å². The first kappa shape index (κ1) is 18.8. The molecule has 1 aromatic carbocycles. The molecule has 1 unspecified atom stereocenters. The lowest BCUT2D eigenvalue weighted by Gasteiger charge is -2.37. The molecule has 1 atom stereocenters. The van der Waals surface area contributed by atoms with E-state index in [-0.39, 0.29) is 29.7 Å². The third-order valence-corrected chi connectivity index (χ3v) is 4.88. The molecule has 2 heterocycles. The molecule has 8 heteroatoms. The van der Waals surface area contributed by atoms with Gasteiger partial charge < -0.3 is 9.47 Å². The van der Waals surface area contributed by atoms with Gasteiger partial charge in [0.2, 0.25) is 5.91 Å². The van der Waals surface area contributed by atoms with Crippen LogP contribution < -0.4 is 10.5 Å². The number of hydrogen-bond acceptors (Lipinski definition) is 5. The summed E-state index contributed by atoms with van der Waals surface area (Å²) in [4.78, 5) is 38.9. The van der Waals surface area contributed by atoms with Crippen LogP contribution in [0.1, 0.15) is 12.8 Å². The van der Waals surface area contributed by atoms with Gasteiger partial charge >= 0.3 is 0 Å². The zero-order valence-corrected chi connectivity index (χ0v) is 15.2. The molecule has 0 saturated carbocycles. The van der Waals surface area contributed by atoms with Crippen LogP contribution in [-0.4, -0.2) is 46.5 Å². The minimum absolute atomic E-state index is 0.0429. The molecular weight excluding hydrogens is 348 g/mol. The number of rotatable bonds is 6. The highest BCUT2D eigenvalue weighted by Crippen LogP contribution is 2.23. The van der Waals surface area contributed by atoms with E-state index in [0.717, 1.165) is 18.5 Å². The van der Waals surface area contributed by atoms with Crippen LogP contribution in [0.5, 0.6) is 0 Å². The number of benzene rings is 1. The number of carbonyl (C=O) groups is 1. The predicted molar refractivity (Wildman–Crippen MR) is 102 cm³/mol. The average molecular weight is 370 g/mol. The molecule has 0 radical (unpaired) electrons. The lowest BCUT2D eigenvalue weighted by atomic mass is 10.0. The number of hydrogen-bond donors (Lipinski definition) is 0. The molecular formula is C19H22N4O4. The van der Waals surface area contributed by atoms with Crippen molar-refractivity contribution in [2.24, 2.45) is 0 Å². The number of nitro groups is 1. The van der Waals surface area contributed by atoms with E-state index < -0.39 is 4.92 Å². The van der Waals surface area contributed by atoms with Crippen LogP contribution in [0.25, 0.3) is 0 Å². The highest BCUT2D eigenvalue weighted by atomic mass is 16.6. The first-order chi connectivity index (χ1) is 13.0. The fraction of sp³-hybridized carbons (Fsp3) is 0.368. The number of amides is 1. The second-order valence-corrected chi connectivity index (χ2v) is 6.64. The maximum atomic E-state index is 12.9. The van der Waals surface area contributed by atoms with Gasteiger partial charge in [0.1, 0.15) is 0 Å². The van der Waals surface area contributed by atoms with Gasteiger partial charge in [0.15, 0.2) is 0 Å². The Bertz CT molecular complexity index is 881. The Morgan fingerprint density at radius 3 is 2.63 bits per heavy atom. The number of para-hydroxylation sites is 1. The Balaban J connectivity index is 1.68. The smallest absolute Gasteiger partial charge is 0.285 e. The number of aromatic nitrogens is 1. The van der Waals surface area contributed by atoms with Crippen molar-refractivity contribution in [3.8, 4) is 0 Å². The topological polar surface area (TPSA) is 88.7 Å². The summed E-state index contributed by atoms with van der Waals surface area (Å²) in [6.07, 6.45) is 2.89. The molecule has 1 aromatic heterocycles. The van der Waals surface area contributed by atoms with Crippen LogP contribution >= 0.6 is 0 Å². The molecule has 8 nitrogen and oxygen atoms in total. The Morgan fingerprint density at radius 2 is 1.93 bits per heavy atom. The fourth-order valence-electron chi connectivity index (χ4n) is 3.35. The highest BCUT2D eigenvalue weighted by molar-refractivity contribution is 5.97. The van der Waals surface area contributed by atoms with Crippen molar-refractivity contribution in [3.63, 3.8) is 0 Å². The van der Waals surface area contributed by atoms with Crippen molar-refractivity contribution in [3.05, 3.63) is 69.1 Å². The van der Waals surface area contributed by atoms with E-state index in [2.05, 4.69) is 0 Å². The summed E-state index contributed by atoms with van der Waals surface area (Å²) in [5.41, 5.74) is 0.464. The summed E-state index contributed by atoms with van der Waals surface area (Å²) < 4.78 is 1.32. The van der Waals surface area contributed by atoms with Crippen molar-refractivity contribution in [1.82, 2.24) is 9.47 Å². The third-order valence-electron chi connectivity index (χ3n) is 4.88. The summed E-state index contributed by atoms with van der Waals surface area (Å²) >= 11 is 0. The molecule has 3 rings (SSSR count). The molecule has 1 fully saturated rings. The summed E-state index contributed by atoms with van der Waals surface area (Å²) in [6.45, 7) is 1.42. The van der Waals surface area contributed by atoms with E-state index in [1.54, 1.807) is 4.90 Å². The maximum Gasteiger partial charge on any atom is 0.285 e. The molecule has 0 aliphatic carbocycles. The Labute approximate surface area is 156 Å². The lowest BCUT2D eigenvalue weighted by molar-refractivity contribution is -0.385. The Hall–Kier alpha value is -3.00. The van der Waals surface area contributed by atoms with Crippen LogP contribution in [-0.2, 0) is 11.3 Å². The minimum atomic E-state index is -0.526. The highest BCUT2D eigenvalue weighted by Gasteiger charge is 2.32. The van der Waals surface area contributed by atoms with Gasteiger partial charge in [-0.05, 0) is 32.0 Å². The van der Waals surface area contributed by atoms with Crippen molar-refractivity contribution in [2.45, 2.75) is 25.4 Å². The zero-order chi connectivity index (χ0) is 19.4. The number of anilines is 1. The molecule has 0 N–H and O–H groups in total. The van der Waals surface area contributed by atoms with Gasteiger partial charge in [-0.1, -0.05) is 18.2 Å². The number of carbonyl (C=O) groups excluding carboxylic acids is 1. The number of likely N-dealkylation sites (N-methyl/N-ethyl adjacent to an activating group) is 1. The van der Waals surface area contributed by atoms with Crippen LogP contribution in [0.3, 0.4) is 0 Å². The van der Waals surface area contributed by atoms with Crippen molar-refractivity contribution in [1.29, 1.82) is 0 Å². The molecule has 0 bridgehead atoms. The first-order valence-electron chi connectivity index (χ1n) is 8.89. The molecule has 2 aromatic rings. The standard InChI is InChI=1S/C19H22N4O4/c1-20(12-13-21-14-16(23(26)27)9-10-18(21)24)17-8-5-11-22(19(17)25)15-6-3-2-4-7-15/h2-4,6-7,9-10,14,17H,5,8,11-13H2,1H3. The van der Waals surface area contributed by atoms with E-state index in [1.807, 2.05) is 42.3 Å². The van der Waals surface area contributed by atoms with Gasteiger partial charge in [0, 0.05) is 37.5 Å². The molecule has 1 saturated heterocycles. The van der Waals surface area contributed by atoms with Crippen molar-refractivity contribution < 1.29 is 9.72 Å². The molecule has 1 aliphatic heterocycles. The maximum absolute atomic E-state index is 12.9. The second-order valence-electron chi connectivity index (χ2n) is 6.64. The summed E-state index contributed by atoms with van der Waals surface area (Å²) in [5, 5.41) is 10.9. The normalized spacial score (nSPS) is 17.3. The Morgan fingerprint density at radius 1 is 1.19 bits per heavy atom. The number of nitrogens with zero attached hydrogens (tertiary/aromatic N) is 4. The molecule has 1 aliphatic rings. The van der Waals surface area contributed by atoms with Gasteiger partial charge in [-0.25, -0.2) is 0 Å². The van der Waals surface area contributed by atoms with Gasteiger partial charge in [0.05, 0.1) is 17.2 Å². The molecule has 0 spiro atoms. The predicted octanol–water partition coefficient (Wildman–Crippen LogP) is 1.88. The fourth-order valence-corrected chi connectivity index (χ4v) is 3.35. The third kappa shape index (κ3) is 4.22. The number of pyridine rings is 1. The van der Waals surface area contributed by atoms with E-state index in [4.69, 9.17) is 0 Å². The molecule has 27 heavy (non-hydrogen) atoms. The number of piperidine rings is 1. The second kappa shape index (κ2) is 8.13. The van der Waals surface area contributed by atoms with E-state index in [0.29, 0.717) is 13.1 Å². The zero-order valence-electron chi connectivity index (χ0n) is 15.2. The van der Waals surface area contributed by atoms with Crippen LogP contribution in [0.2, 0.25) is 0 Å². The minimum Gasteiger partial charge on any atom is -0.311 e. The van der Waals surface area contributed by atoms with Gasteiger partial charge in [-0.15, -0.1) is 0 Å². The van der Waals surface area contributed by atoms with Gasteiger partial charge in [-0.3, -0.25) is 24.6 Å². The SMILES string of the molecule is CN(CCn1cc([N+](=O)[O-])ccc1=O)C1CCCN(c2ccccc2)C1=O. The van der Waals surface area contributed by atoms with Crippen LogP contribution in [0.15, 0.2) is 53.5 Å². The van der Waals surface area contributed by atoms with E-state index >= 15 is 0 Å². The summed E-state index contributed by atoms with van der Waals surface area (Å²) in [5.74, 6) is 0.0429. The summed E-state index contributed by atoms with van der Waals surface area (Å²) in [7, 11) is 1.85. The van der Waals surface area contributed by atoms with E-state index in [9.17, 15) is 19.7 Å². The molecule has 142 valence electrons. The molecule has 1 amide bonds. The van der Waals surface area contributed by atoms with Crippen LogP contribution in [0, 0.1) is 10.1 Å². The quantitative estimate of drug-likeness (QED) is 0.572. The monoisotopic (exact) mass is 370 g/mol. The van der Waals surface area contributed by atoms with E-state index in [1.165, 1.54) is 22.9 Å².